The average Bonchev–Trinajstić information content (AvgIpc) is 2.53. The third kappa shape index (κ3) is 1.82. The number of benzene rings is 2. The first-order valence-electron chi connectivity index (χ1n) is 5.51. The van der Waals surface area contributed by atoms with Crippen LogP contribution in [0.1, 0.15) is 22.1 Å². The van der Waals surface area contributed by atoms with Crippen LogP contribution in [0.4, 0.5) is 8.78 Å². The molecular weight excluding hydrogens is 274 g/mol. The molecule has 0 saturated carbocycles. The molecule has 4 heteroatoms. The maximum Gasteiger partial charge on any atom is 0.163 e. The molecule has 0 spiro atoms. The Morgan fingerprint density at radius 3 is 2.67 bits per heavy atom. The SMILES string of the molecule is Fc1ccc2c(c1F)CSc1ccccc1C2Cl. The Labute approximate surface area is 113 Å². The number of hydrogen-bond donors (Lipinski definition) is 0. The molecule has 2 aromatic carbocycles. The Morgan fingerprint density at radius 1 is 1.06 bits per heavy atom. The summed E-state index contributed by atoms with van der Waals surface area (Å²) in [6.45, 7) is 0. The van der Waals surface area contributed by atoms with Crippen molar-refractivity contribution in [3.63, 3.8) is 0 Å². The highest BCUT2D eigenvalue weighted by molar-refractivity contribution is 7.98. The van der Waals surface area contributed by atoms with Crippen molar-refractivity contribution in [2.45, 2.75) is 16.0 Å². The fourth-order valence-corrected chi connectivity index (χ4v) is 3.71. The van der Waals surface area contributed by atoms with Gasteiger partial charge in [-0.05, 0) is 23.3 Å². The molecule has 0 saturated heterocycles. The van der Waals surface area contributed by atoms with E-state index in [2.05, 4.69) is 0 Å². The molecule has 1 unspecified atom stereocenters. The quantitative estimate of drug-likeness (QED) is 0.619. The summed E-state index contributed by atoms with van der Waals surface area (Å²) in [6.07, 6.45) is 0. The summed E-state index contributed by atoms with van der Waals surface area (Å²) in [5.41, 5.74) is 1.98. The molecule has 3 rings (SSSR count). The van der Waals surface area contributed by atoms with Crippen LogP contribution in [-0.2, 0) is 5.75 Å². The van der Waals surface area contributed by atoms with Gasteiger partial charge >= 0.3 is 0 Å². The van der Waals surface area contributed by atoms with Gasteiger partial charge in [-0.15, -0.1) is 23.4 Å². The van der Waals surface area contributed by atoms with Crippen LogP contribution in [-0.4, -0.2) is 0 Å². The zero-order valence-corrected chi connectivity index (χ0v) is 10.9. The Kier molecular flexibility index (Phi) is 3.04. The first-order valence-corrected chi connectivity index (χ1v) is 6.93. The van der Waals surface area contributed by atoms with Crippen LogP contribution in [0.3, 0.4) is 0 Å². The number of hydrogen-bond acceptors (Lipinski definition) is 1. The molecule has 0 N–H and O–H groups in total. The van der Waals surface area contributed by atoms with Crippen molar-refractivity contribution in [3.05, 3.63) is 64.7 Å². The van der Waals surface area contributed by atoms with Gasteiger partial charge in [-0.2, -0.15) is 0 Å². The van der Waals surface area contributed by atoms with E-state index in [0.717, 1.165) is 16.5 Å². The molecule has 1 heterocycles. The fraction of sp³-hybridized carbons (Fsp3) is 0.143. The summed E-state index contributed by atoms with van der Waals surface area (Å²) < 4.78 is 27.1. The van der Waals surface area contributed by atoms with Gasteiger partial charge in [0.05, 0.1) is 5.38 Å². The molecule has 0 aromatic heterocycles. The van der Waals surface area contributed by atoms with Gasteiger partial charge in [-0.25, -0.2) is 8.78 Å². The minimum absolute atomic E-state index is 0.371. The molecule has 1 aliphatic heterocycles. The highest BCUT2D eigenvalue weighted by atomic mass is 35.5. The van der Waals surface area contributed by atoms with Crippen molar-refractivity contribution >= 4 is 23.4 Å². The number of halogens is 3. The van der Waals surface area contributed by atoms with Crippen molar-refractivity contribution < 1.29 is 8.78 Å². The second-order valence-corrected chi connectivity index (χ2v) is 5.57. The monoisotopic (exact) mass is 282 g/mol. The summed E-state index contributed by atoms with van der Waals surface area (Å²) in [6, 6.07) is 10.4. The number of fused-ring (bicyclic) bond motifs is 2. The Morgan fingerprint density at radius 2 is 1.83 bits per heavy atom. The van der Waals surface area contributed by atoms with Crippen LogP contribution in [0.2, 0.25) is 0 Å². The topological polar surface area (TPSA) is 0 Å². The Bertz CT molecular complexity index is 613. The van der Waals surface area contributed by atoms with Crippen molar-refractivity contribution in [2.24, 2.45) is 0 Å². The van der Waals surface area contributed by atoms with Gasteiger partial charge in [-0.1, -0.05) is 24.3 Å². The second-order valence-electron chi connectivity index (χ2n) is 4.12. The van der Waals surface area contributed by atoms with Crippen LogP contribution >= 0.6 is 23.4 Å². The molecule has 0 nitrogen and oxygen atoms in total. The first-order chi connectivity index (χ1) is 8.68. The van der Waals surface area contributed by atoms with E-state index in [9.17, 15) is 8.78 Å². The van der Waals surface area contributed by atoms with Crippen molar-refractivity contribution in [1.29, 1.82) is 0 Å². The van der Waals surface area contributed by atoms with E-state index >= 15 is 0 Å². The van der Waals surface area contributed by atoms with Crippen molar-refractivity contribution in [3.8, 4) is 0 Å². The summed E-state index contributed by atoms with van der Waals surface area (Å²) in [4.78, 5) is 1.02. The van der Waals surface area contributed by atoms with E-state index in [-0.39, 0.29) is 0 Å². The van der Waals surface area contributed by atoms with Crippen molar-refractivity contribution in [2.75, 3.05) is 0 Å². The zero-order chi connectivity index (χ0) is 12.7. The van der Waals surface area contributed by atoms with Gasteiger partial charge in [0.15, 0.2) is 11.6 Å². The largest absolute Gasteiger partial charge is 0.204 e. The predicted octanol–water partition coefficient (Wildman–Crippen LogP) is 4.90. The molecule has 92 valence electrons. The van der Waals surface area contributed by atoms with Crippen LogP contribution in [0, 0.1) is 11.6 Å². The number of thioether (sulfide) groups is 1. The van der Waals surface area contributed by atoms with Gasteiger partial charge in [0, 0.05) is 16.2 Å². The van der Waals surface area contributed by atoms with E-state index in [0.29, 0.717) is 16.9 Å². The summed E-state index contributed by atoms with van der Waals surface area (Å²) >= 11 is 7.89. The maximum absolute atomic E-state index is 13.8. The normalized spacial score (nSPS) is 17.8. The average molecular weight is 283 g/mol. The van der Waals surface area contributed by atoms with Gasteiger partial charge < -0.3 is 0 Å². The molecule has 0 fully saturated rings. The Balaban J connectivity index is 2.21. The van der Waals surface area contributed by atoms with Gasteiger partial charge in [0.25, 0.3) is 0 Å². The number of rotatable bonds is 0. The zero-order valence-electron chi connectivity index (χ0n) is 9.29. The third-order valence-corrected chi connectivity index (χ3v) is 4.66. The number of alkyl halides is 1. The lowest BCUT2D eigenvalue weighted by atomic mass is 9.99. The highest BCUT2D eigenvalue weighted by Crippen LogP contribution is 2.43. The fourth-order valence-electron chi connectivity index (χ4n) is 2.13. The van der Waals surface area contributed by atoms with E-state index in [1.807, 2.05) is 24.3 Å². The Hall–Kier alpha value is -1.06. The lowest BCUT2D eigenvalue weighted by Gasteiger charge is -2.13. The van der Waals surface area contributed by atoms with Crippen LogP contribution in [0.5, 0.6) is 0 Å². The lowest BCUT2D eigenvalue weighted by Crippen LogP contribution is -2.01. The van der Waals surface area contributed by atoms with Crippen molar-refractivity contribution in [1.82, 2.24) is 0 Å². The smallest absolute Gasteiger partial charge is 0.163 e. The molecule has 18 heavy (non-hydrogen) atoms. The molecule has 0 radical (unpaired) electrons. The minimum atomic E-state index is -0.816. The lowest BCUT2D eigenvalue weighted by molar-refractivity contribution is 0.501. The van der Waals surface area contributed by atoms with E-state index in [4.69, 9.17) is 11.6 Å². The summed E-state index contributed by atoms with van der Waals surface area (Å²) in [5.74, 6) is -1.19. The molecule has 0 amide bonds. The first kappa shape index (κ1) is 12.0. The van der Waals surface area contributed by atoms with Gasteiger partial charge in [-0.3, -0.25) is 0 Å². The minimum Gasteiger partial charge on any atom is -0.204 e. The summed E-state index contributed by atoms with van der Waals surface area (Å²) in [7, 11) is 0. The molecule has 2 aromatic rings. The van der Waals surface area contributed by atoms with Crippen LogP contribution < -0.4 is 0 Å². The molecule has 1 atom stereocenters. The molecule has 0 bridgehead atoms. The molecule has 1 aliphatic rings. The summed E-state index contributed by atoms with van der Waals surface area (Å²) in [5, 5.41) is -0.429. The third-order valence-electron chi connectivity index (χ3n) is 3.07. The second kappa shape index (κ2) is 4.56. The van der Waals surface area contributed by atoms with E-state index in [1.54, 1.807) is 6.07 Å². The van der Waals surface area contributed by atoms with Gasteiger partial charge in [0.2, 0.25) is 0 Å². The van der Waals surface area contributed by atoms with Crippen LogP contribution in [0.15, 0.2) is 41.3 Å². The van der Waals surface area contributed by atoms with Gasteiger partial charge in [0.1, 0.15) is 0 Å². The maximum atomic E-state index is 13.8. The molecule has 0 aliphatic carbocycles. The van der Waals surface area contributed by atoms with Crippen LogP contribution in [0.25, 0.3) is 0 Å². The highest BCUT2D eigenvalue weighted by Gasteiger charge is 2.25. The van der Waals surface area contributed by atoms with E-state index in [1.165, 1.54) is 11.8 Å². The molecular formula is C14H9ClF2S. The predicted molar refractivity (Wildman–Crippen MR) is 70.1 cm³/mol. The standard InChI is InChI=1S/C14H9ClF2S/c15-13-8-5-6-11(16)14(17)10(8)7-18-12-4-2-1-3-9(12)13/h1-6,13H,7H2. The van der Waals surface area contributed by atoms with E-state index < -0.39 is 17.0 Å².